The van der Waals surface area contributed by atoms with Gasteiger partial charge < -0.3 is 16.0 Å². The third kappa shape index (κ3) is 6.34. The van der Waals surface area contributed by atoms with Crippen molar-refractivity contribution in [2.45, 2.75) is 50.7 Å². The first-order valence-electron chi connectivity index (χ1n) is 10.2. The maximum atomic E-state index is 13.3. The van der Waals surface area contributed by atoms with E-state index in [-0.39, 0.29) is 23.9 Å². The first-order valence-corrected chi connectivity index (χ1v) is 10.2. The minimum Gasteiger partial charge on any atom is -0.348 e. The van der Waals surface area contributed by atoms with E-state index in [0.29, 0.717) is 6.42 Å². The Labute approximate surface area is 179 Å². The Morgan fingerprint density at radius 2 is 1.77 bits per heavy atom. The molecule has 0 saturated carbocycles. The lowest BCUT2D eigenvalue weighted by molar-refractivity contribution is -0.131. The molecule has 3 atom stereocenters. The molecule has 3 rings (SSSR count). The topological polar surface area (TPSA) is 87.3 Å². The van der Waals surface area contributed by atoms with Crippen molar-refractivity contribution in [2.75, 3.05) is 0 Å². The van der Waals surface area contributed by atoms with Crippen molar-refractivity contribution < 1.29 is 23.2 Å². The standard InChI is InChI=1S/C23H25F2N3O3/c1-14(26-21(29)12-15-10-17(24)13-18(25)11-15)22(30)28-20-9-5-8-19(27-23(20)31)16-6-3-2-4-7-16/h2-4,6-7,10-11,13-14,19-20H,5,8-9,12H2,1H3,(H,26,29)(H,27,31)(H,28,30)/t14-,19+,20-/m0/s1. The quantitative estimate of drug-likeness (QED) is 0.660. The van der Waals surface area contributed by atoms with Gasteiger partial charge in [-0.15, -0.1) is 0 Å². The lowest BCUT2D eigenvalue weighted by Gasteiger charge is -2.21. The van der Waals surface area contributed by atoms with E-state index in [1.807, 2.05) is 30.3 Å². The number of rotatable bonds is 6. The number of amides is 3. The first kappa shape index (κ1) is 22.4. The van der Waals surface area contributed by atoms with E-state index in [9.17, 15) is 23.2 Å². The number of carbonyl (C=O) groups is 3. The SMILES string of the molecule is C[C@H](NC(=O)Cc1cc(F)cc(F)c1)C(=O)N[C@H]1CCC[C@H](c2ccccc2)NC1=O. The highest BCUT2D eigenvalue weighted by atomic mass is 19.1. The molecule has 0 bridgehead atoms. The maximum Gasteiger partial charge on any atom is 0.243 e. The van der Waals surface area contributed by atoms with Gasteiger partial charge in [-0.05, 0) is 49.4 Å². The van der Waals surface area contributed by atoms with Gasteiger partial charge in [0.1, 0.15) is 23.7 Å². The summed E-state index contributed by atoms with van der Waals surface area (Å²) in [7, 11) is 0. The lowest BCUT2D eigenvalue weighted by atomic mass is 10.0. The molecular weight excluding hydrogens is 404 g/mol. The van der Waals surface area contributed by atoms with Crippen LogP contribution in [0.3, 0.4) is 0 Å². The first-order chi connectivity index (χ1) is 14.8. The predicted molar refractivity (Wildman–Crippen MR) is 111 cm³/mol. The van der Waals surface area contributed by atoms with Crippen molar-refractivity contribution in [3.05, 3.63) is 71.3 Å². The minimum absolute atomic E-state index is 0.112. The van der Waals surface area contributed by atoms with Gasteiger partial charge in [0.05, 0.1) is 12.5 Å². The number of hydrogen-bond acceptors (Lipinski definition) is 3. The molecule has 1 aliphatic heterocycles. The van der Waals surface area contributed by atoms with E-state index in [1.54, 1.807) is 0 Å². The minimum atomic E-state index is -0.910. The van der Waals surface area contributed by atoms with E-state index >= 15 is 0 Å². The maximum absolute atomic E-state index is 13.3. The van der Waals surface area contributed by atoms with Gasteiger partial charge in [-0.25, -0.2) is 8.78 Å². The van der Waals surface area contributed by atoms with Crippen molar-refractivity contribution in [3.63, 3.8) is 0 Å². The highest BCUT2D eigenvalue weighted by Gasteiger charge is 2.29. The van der Waals surface area contributed by atoms with E-state index in [0.717, 1.165) is 36.6 Å². The van der Waals surface area contributed by atoms with Crippen molar-refractivity contribution in [1.82, 2.24) is 16.0 Å². The zero-order valence-electron chi connectivity index (χ0n) is 17.2. The van der Waals surface area contributed by atoms with Crippen molar-refractivity contribution in [2.24, 2.45) is 0 Å². The number of nitrogens with one attached hydrogen (secondary N) is 3. The summed E-state index contributed by atoms with van der Waals surface area (Å²) >= 11 is 0. The summed E-state index contributed by atoms with van der Waals surface area (Å²) in [5.41, 5.74) is 1.18. The van der Waals surface area contributed by atoms with E-state index < -0.39 is 35.5 Å². The smallest absolute Gasteiger partial charge is 0.243 e. The van der Waals surface area contributed by atoms with Crippen LogP contribution in [-0.4, -0.2) is 29.8 Å². The second-order valence-electron chi connectivity index (χ2n) is 7.71. The van der Waals surface area contributed by atoms with Crippen LogP contribution in [0, 0.1) is 11.6 Å². The van der Waals surface area contributed by atoms with Crippen LogP contribution in [0.4, 0.5) is 8.78 Å². The number of hydrogen-bond donors (Lipinski definition) is 3. The van der Waals surface area contributed by atoms with Crippen molar-refractivity contribution >= 4 is 17.7 Å². The largest absolute Gasteiger partial charge is 0.348 e. The average Bonchev–Trinajstić information content (AvgIpc) is 2.89. The lowest BCUT2D eigenvalue weighted by Crippen LogP contribution is -2.52. The molecule has 2 aromatic carbocycles. The Morgan fingerprint density at radius 3 is 2.45 bits per heavy atom. The van der Waals surface area contributed by atoms with Crippen LogP contribution in [0.15, 0.2) is 48.5 Å². The molecule has 0 spiro atoms. The fraction of sp³-hybridized carbons (Fsp3) is 0.348. The fourth-order valence-corrected chi connectivity index (χ4v) is 3.63. The van der Waals surface area contributed by atoms with E-state index in [1.165, 1.54) is 6.92 Å². The second kappa shape index (κ2) is 10.1. The molecule has 8 heteroatoms. The van der Waals surface area contributed by atoms with Crippen LogP contribution < -0.4 is 16.0 Å². The molecular formula is C23H25F2N3O3. The van der Waals surface area contributed by atoms with Gasteiger partial charge in [-0.3, -0.25) is 14.4 Å². The molecule has 31 heavy (non-hydrogen) atoms. The normalized spacial score (nSPS) is 19.6. The van der Waals surface area contributed by atoms with Crippen molar-refractivity contribution in [1.29, 1.82) is 0 Å². The summed E-state index contributed by atoms with van der Waals surface area (Å²) in [4.78, 5) is 37.2. The third-order valence-corrected chi connectivity index (χ3v) is 5.19. The number of carbonyl (C=O) groups excluding carboxylic acids is 3. The van der Waals surface area contributed by atoms with Gasteiger partial charge >= 0.3 is 0 Å². The molecule has 0 radical (unpaired) electrons. The third-order valence-electron chi connectivity index (χ3n) is 5.19. The number of benzene rings is 2. The van der Waals surface area contributed by atoms with Crippen LogP contribution in [-0.2, 0) is 20.8 Å². The molecule has 6 nitrogen and oxygen atoms in total. The number of halogens is 2. The highest BCUT2D eigenvalue weighted by Crippen LogP contribution is 2.23. The van der Waals surface area contributed by atoms with E-state index in [4.69, 9.17) is 0 Å². The van der Waals surface area contributed by atoms with Gasteiger partial charge in [0.2, 0.25) is 17.7 Å². The molecule has 0 aliphatic carbocycles. The molecule has 0 aromatic heterocycles. The molecule has 1 aliphatic rings. The Kier molecular flexibility index (Phi) is 7.33. The van der Waals surface area contributed by atoms with Crippen LogP contribution in [0.2, 0.25) is 0 Å². The van der Waals surface area contributed by atoms with Gasteiger partial charge in [-0.2, -0.15) is 0 Å². The van der Waals surface area contributed by atoms with Gasteiger partial charge in [0.15, 0.2) is 0 Å². The molecule has 3 N–H and O–H groups in total. The molecule has 3 amide bonds. The highest BCUT2D eigenvalue weighted by molar-refractivity contribution is 5.92. The predicted octanol–water partition coefficient (Wildman–Crippen LogP) is 2.54. The van der Waals surface area contributed by atoms with Gasteiger partial charge in [-0.1, -0.05) is 30.3 Å². The molecule has 164 valence electrons. The summed E-state index contributed by atoms with van der Waals surface area (Å²) in [5, 5.41) is 8.14. The summed E-state index contributed by atoms with van der Waals surface area (Å²) in [6.45, 7) is 1.49. The zero-order valence-corrected chi connectivity index (χ0v) is 17.2. The zero-order chi connectivity index (χ0) is 22.4. The molecule has 1 heterocycles. The molecule has 2 aromatic rings. The van der Waals surface area contributed by atoms with Crippen molar-refractivity contribution in [3.8, 4) is 0 Å². The Balaban J connectivity index is 1.52. The van der Waals surface area contributed by atoms with Crippen LogP contribution in [0.5, 0.6) is 0 Å². The van der Waals surface area contributed by atoms with E-state index in [2.05, 4.69) is 16.0 Å². The Morgan fingerprint density at radius 1 is 1.10 bits per heavy atom. The molecule has 1 fully saturated rings. The summed E-state index contributed by atoms with van der Waals surface area (Å²) in [6.07, 6.45) is 1.73. The Bertz CT molecular complexity index is 932. The van der Waals surface area contributed by atoms with Crippen LogP contribution in [0.1, 0.15) is 43.4 Å². The van der Waals surface area contributed by atoms with Gasteiger partial charge in [0.25, 0.3) is 0 Å². The monoisotopic (exact) mass is 429 g/mol. The summed E-state index contributed by atoms with van der Waals surface area (Å²) < 4.78 is 26.5. The second-order valence-corrected chi connectivity index (χ2v) is 7.71. The molecule has 1 saturated heterocycles. The van der Waals surface area contributed by atoms with Crippen LogP contribution in [0.25, 0.3) is 0 Å². The van der Waals surface area contributed by atoms with Crippen LogP contribution >= 0.6 is 0 Å². The molecule has 0 unspecified atom stereocenters. The summed E-state index contributed by atoms with van der Waals surface area (Å²) in [6, 6.07) is 10.8. The Hall–Kier alpha value is -3.29. The van der Waals surface area contributed by atoms with Gasteiger partial charge in [0, 0.05) is 6.07 Å². The average molecular weight is 429 g/mol. The summed E-state index contributed by atoms with van der Waals surface area (Å²) in [5.74, 6) is -2.88. The fourth-order valence-electron chi connectivity index (χ4n) is 3.63.